The van der Waals surface area contributed by atoms with E-state index in [1.54, 1.807) is 16.4 Å². The van der Waals surface area contributed by atoms with E-state index in [4.69, 9.17) is 4.74 Å². The first-order valence-corrected chi connectivity index (χ1v) is 9.25. The average molecular weight is 343 g/mol. The molecule has 0 radical (unpaired) electrons. The minimum Gasteiger partial charge on any atom is -0.379 e. The minimum absolute atomic E-state index is 0.241. The van der Waals surface area contributed by atoms with Gasteiger partial charge in [-0.05, 0) is 17.7 Å². The second-order valence-electron chi connectivity index (χ2n) is 5.82. The fraction of sp³-hybridized carbons (Fsp3) is 0.600. The summed E-state index contributed by atoms with van der Waals surface area (Å²) >= 11 is 0. The molecule has 0 aliphatic carbocycles. The van der Waals surface area contributed by atoms with Crippen molar-refractivity contribution < 1.29 is 17.5 Å². The van der Waals surface area contributed by atoms with Crippen LogP contribution in [-0.2, 0) is 21.5 Å². The van der Waals surface area contributed by atoms with E-state index in [0.717, 1.165) is 5.56 Å². The molecule has 23 heavy (non-hydrogen) atoms. The normalized spacial score (nSPS) is 22.3. The number of morpholine rings is 1. The van der Waals surface area contributed by atoms with Crippen molar-refractivity contribution in [3.8, 4) is 0 Å². The van der Waals surface area contributed by atoms with Gasteiger partial charge < -0.3 is 4.74 Å². The first kappa shape index (κ1) is 16.8. The van der Waals surface area contributed by atoms with E-state index in [1.807, 2.05) is 0 Å². The monoisotopic (exact) mass is 343 g/mol. The molecular weight excluding hydrogens is 321 g/mol. The van der Waals surface area contributed by atoms with Crippen LogP contribution in [0.15, 0.2) is 24.3 Å². The highest BCUT2D eigenvalue weighted by atomic mass is 32.2. The predicted molar refractivity (Wildman–Crippen MR) is 84.6 cm³/mol. The Labute approximate surface area is 136 Å². The molecule has 8 heteroatoms. The van der Waals surface area contributed by atoms with Crippen LogP contribution in [0.3, 0.4) is 0 Å². The summed E-state index contributed by atoms with van der Waals surface area (Å²) in [6.07, 6.45) is 0. The van der Waals surface area contributed by atoms with Crippen molar-refractivity contribution in [3.05, 3.63) is 35.6 Å². The van der Waals surface area contributed by atoms with Crippen LogP contribution < -0.4 is 0 Å². The lowest BCUT2D eigenvalue weighted by atomic mass is 10.2. The Morgan fingerprint density at radius 3 is 2.09 bits per heavy atom. The van der Waals surface area contributed by atoms with Gasteiger partial charge in [-0.25, -0.2) is 4.39 Å². The molecule has 2 heterocycles. The molecule has 0 bridgehead atoms. The molecule has 3 rings (SSSR count). The van der Waals surface area contributed by atoms with Crippen LogP contribution in [0.25, 0.3) is 0 Å². The standard InChI is InChI=1S/C15H22FN3O3S/c16-15-3-1-14(2-4-15)13-17-5-7-18(8-6-17)23(20,21)19-9-11-22-12-10-19/h1-4H,5-13H2. The van der Waals surface area contributed by atoms with Crippen molar-refractivity contribution in [2.75, 3.05) is 52.5 Å². The van der Waals surface area contributed by atoms with Crippen LogP contribution >= 0.6 is 0 Å². The molecule has 1 aromatic rings. The molecule has 2 aliphatic rings. The molecule has 0 unspecified atom stereocenters. The van der Waals surface area contributed by atoms with Gasteiger partial charge in [-0.2, -0.15) is 17.0 Å². The molecule has 0 atom stereocenters. The third-order valence-electron chi connectivity index (χ3n) is 4.27. The van der Waals surface area contributed by atoms with Crippen molar-refractivity contribution in [2.24, 2.45) is 0 Å². The van der Waals surface area contributed by atoms with Gasteiger partial charge in [0.2, 0.25) is 0 Å². The van der Waals surface area contributed by atoms with Crippen molar-refractivity contribution >= 4 is 10.2 Å². The van der Waals surface area contributed by atoms with Crippen molar-refractivity contribution in [3.63, 3.8) is 0 Å². The Balaban J connectivity index is 1.54. The summed E-state index contributed by atoms with van der Waals surface area (Å²) in [5.41, 5.74) is 1.04. The van der Waals surface area contributed by atoms with Crippen molar-refractivity contribution in [1.29, 1.82) is 0 Å². The Morgan fingerprint density at radius 1 is 0.913 bits per heavy atom. The first-order chi connectivity index (χ1) is 11.1. The molecule has 2 saturated heterocycles. The Morgan fingerprint density at radius 2 is 1.48 bits per heavy atom. The zero-order chi connectivity index (χ0) is 16.3. The molecule has 0 saturated carbocycles. The lowest BCUT2D eigenvalue weighted by molar-refractivity contribution is 0.0684. The smallest absolute Gasteiger partial charge is 0.282 e. The highest BCUT2D eigenvalue weighted by Gasteiger charge is 2.33. The van der Waals surface area contributed by atoms with Gasteiger partial charge in [0.15, 0.2) is 0 Å². The zero-order valence-corrected chi connectivity index (χ0v) is 13.8. The summed E-state index contributed by atoms with van der Waals surface area (Å²) in [4.78, 5) is 2.19. The quantitative estimate of drug-likeness (QED) is 0.800. The fourth-order valence-electron chi connectivity index (χ4n) is 2.91. The van der Waals surface area contributed by atoms with E-state index in [1.165, 1.54) is 16.4 Å². The van der Waals surface area contributed by atoms with Crippen LogP contribution in [0, 0.1) is 5.82 Å². The van der Waals surface area contributed by atoms with Gasteiger partial charge in [0.05, 0.1) is 13.2 Å². The van der Waals surface area contributed by atoms with Crippen LogP contribution in [-0.4, -0.2) is 74.4 Å². The summed E-state index contributed by atoms with van der Waals surface area (Å²) < 4.78 is 46.4. The molecule has 128 valence electrons. The first-order valence-electron chi connectivity index (χ1n) is 7.85. The van der Waals surface area contributed by atoms with Gasteiger partial charge in [-0.1, -0.05) is 12.1 Å². The van der Waals surface area contributed by atoms with Crippen molar-refractivity contribution in [1.82, 2.24) is 13.5 Å². The third-order valence-corrected chi connectivity index (χ3v) is 6.31. The molecule has 0 N–H and O–H groups in total. The van der Waals surface area contributed by atoms with Gasteiger partial charge >= 0.3 is 0 Å². The van der Waals surface area contributed by atoms with E-state index < -0.39 is 10.2 Å². The zero-order valence-electron chi connectivity index (χ0n) is 13.0. The number of hydrogen-bond acceptors (Lipinski definition) is 4. The van der Waals surface area contributed by atoms with Crippen LogP contribution in [0.2, 0.25) is 0 Å². The maximum absolute atomic E-state index is 12.9. The second kappa shape index (κ2) is 7.23. The lowest BCUT2D eigenvalue weighted by Crippen LogP contribution is -2.54. The van der Waals surface area contributed by atoms with E-state index in [9.17, 15) is 12.8 Å². The number of ether oxygens (including phenoxy) is 1. The summed E-state index contributed by atoms with van der Waals surface area (Å²) in [5, 5.41) is 0. The van der Waals surface area contributed by atoms with Gasteiger partial charge in [-0.15, -0.1) is 0 Å². The topological polar surface area (TPSA) is 53.1 Å². The third kappa shape index (κ3) is 4.07. The van der Waals surface area contributed by atoms with Crippen LogP contribution in [0.5, 0.6) is 0 Å². The van der Waals surface area contributed by atoms with E-state index in [0.29, 0.717) is 59.0 Å². The average Bonchev–Trinajstić information content (AvgIpc) is 2.58. The minimum atomic E-state index is -3.38. The Kier molecular flexibility index (Phi) is 5.27. The SMILES string of the molecule is O=S(=O)(N1CCOCC1)N1CCN(Cc2ccc(F)cc2)CC1. The van der Waals surface area contributed by atoms with Crippen LogP contribution in [0.1, 0.15) is 5.56 Å². The van der Waals surface area contributed by atoms with Gasteiger partial charge in [0.25, 0.3) is 10.2 Å². The van der Waals surface area contributed by atoms with E-state index >= 15 is 0 Å². The largest absolute Gasteiger partial charge is 0.379 e. The molecule has 0 amide bonds. The maximum Gasteiger partial charge on any atom is 0.282 e. The number of halogens is 1. The highest BCUT2D eigenvalue weighted by Crippen LogP contribution is 2.15. The van der Waals surface area contributed by atoms with Gasteiger partial charge in [0, 0.05) is 45.8 Å². The summed E-state index contributed by atoms with van der Waals surface area (Å²) in [7, 11) is -3.38. The van der Waals surface area contributed by atoms with Gasteiger partial charge in [0.1, 0.15) is 5.82 Å². The molecule has 0 aromatic heterocycles. The predicted octanol–water partition coefficient (Wildman–Crippen LogP) is 0.520. The molecule has 1 aromatic carbocycles. The maximum atomic E-state index is 12.9. The highest BCUT2D eigenvalue weighted by molar-refractivity contribution is 7.86. The van der Waals surface area contributed by atoms with E-state index in [-0.39, 0.29) is 5.82 Å². The Hall–Kier alpha value is -1.06. The molecule has 0 spiro atoms. The number of hydrogen-bond donors (Lipinski definition) is 0. The molecule has 2 fully saturated rings. The van der Waals surface area contributed by atoms with Gasteiger partial charge in [-0.3, -0.25) is 4.90 Å². The number of nitrogens with zero attached hydrogens (tertiary/aromatic N) is 3. The molecular formula is C15H22FN3O3S. The number of benzene rings is 1. The lowest BCUT2D eigenvalue weighted by Gasteiger charge is -2.37. The molecule has 2 aliphatic heterocycles. The second-order valence-corrected chi connectivity index (χ2v) is 7.75. The van der Waals surface area contributed by atoms with Crippen molar-refractivity contribution in [2.45, 2.75) is 6.54 Å². The number of rotatable bonds is 4. The summed E-state index contributed by atoms with van der Waals surface area (Å²) in [6, 6.07) is 6.45. The summed E-state index contributed by atoms with van der Waals surface area (Å²) in [6.45, 7) is 4.83. The fourth-order valence-corrected chi connectivity index (χ4v) is 4.47. The summed E-state index contributed by atoms with van der Waals surface area (Å²) in [5.74, 6) is -0.241. The molecule has 6 nitrogen and oxygen atoms in total. The van der Waals surface area contributed by atoms with Crippen LogP contribution in [0.4, 0.5) is 4.39 Å². The van der Waals surface area contributed by atoms with E-state index in [2.05, 4.69) is 4.90 Å². The number of piperazine rings is 1. The Bertz CT molecular complexity index is 609.